The van der Waals surface area contributed by atoms with Crippen molar-refractivity contribution in [1.29, 1.82) is 0 Å². The molecule has 2 heterocycles. The van der Waals surface area contributed by atoms with Gasteiger partial charge in [0.15, 0.2) is 0 Å². The number of nitrogens with one attached hydrogen (secondary N) is 1. The van der Waals surface area contributed by atoms with E-state index in [2.05, 4.69) is 0 Å². The van der Waals surface area contributed by atoms with Crippen LogP contribution >= 0.6 is 0 Å². The third-order valence-corrected chi connectivity index (χ3v) is 3.04. The zero-order chi connectivity index (χ0) is 13.7. The van der Waals surface area contributed by atoms with E-state index in [-0.39, 0.29) is 5.01 Å². The summed E-state index contributed by atoms with van der Waals surface area (Å²) >= 11 is 0. The van der Waals surface area contributed by atoms with Crippen LogP contribution in [-0.4, -0.2) is 74.1 Å². The standard InChI is InChI=1S/C8H13N3O7/c9-11-6(16)8(10-7(11)17)5(15)4(14)3(13)2(1-12)18-8/h2-5,12-15H,1,9H2,(H,10,17)/t2-,3-,4+,5-,8-/m1/s1. The van der Waals surface area contributed by atoms with Gasteiger partial charge in [-0.3, -0.25) is 10.1 Å². The molecule has 0 unspecified atom stereocenters. The molecule has 5 atom stereocenters. The van der Waals surface area contributed by atoms with Crippen LogP contribution in [0.25, 0.3) is 0 Å². The largest absolute Gasteiger partial charge is 0.394 e. The number of hydrogen-bond acceptors (Lipinski definition) is 8. The fourth-order valence-electron chi connectivity index (χ4n) is 1.99. The number of nitrogens with zero attached hydrogens (tertiary/aromatic N) is 1. The van der Waals surface area contributed by atoms with Crippen LogP contribution in [-0.2, 0) is 9.53 Å². The fourth-order valence-corrected chi connectivity index (χ4v) is 1.99. The number of imide groups is 1. The van der Waals surface area contributed by atoms with Crippen molar-refractivity contribution in [2.45, 2.75) is 30.1 Å². The molecule has 0 aromatic carbocycles. The predicted molar refractivity (Wildman–Crippen MR) is 52.3 cm³/mol. The zero-order valence-corrected chi connectivity index (χ0v) is 9.05. The molecule has 2 rings (SSSR count). The van der Waals surface area contributed by atoms with Gasteiger partial charge in [0, 0.05) is 0 Å². The van der Waals surface area contributed by atoms with Crippen molar-refractivity contribution in [1.82, 2.24) is 10.3 Å². The van der Waals surface area contributed by atoms with Crippen molar-refractivity contribution in [3.05, 3.63) is 0 Å². The molecule has 0 radical (unpaired) electrons. The van der Waals surface area contributed by atoms with Crippen LogP contribution < -0.4 is 11.2 Å². The molecule has 18 heavy (non-hydrogen) atoms. The lowest BCUT2D eigenvalue weighted by atomic mass is 9.90. The van der Waals surface area contributed by atoms with Gasteiger partial charge in [-0.25, -0.2) is 10.6 Å². The molecule has 10 nitrogen and oxygen atoms in total. The van der Waals surface area contributed by atoms with Crippen molar-refractivity contribution in [2.24, 2.45) is 5.84 Å². The van der Waals surface area contributed by atoms with Gasteiger partial charge in [0.05, 0.1) is 6.61 Å². The Bertz CT molecular complexity index is 389. The van der Waals surface area contributed by atoms with E-state index in [1.807, 2.05) is 5.32 Å². The van der Waals surface area contributed by atoms with Gasteiger partial charge in [-0.1, -0.05) is 0 Å². The highest BCUT2D eigenvalue weighted by atomic mass is 16.6. The molecule has 1 spiro atoms. The van der Waals surface area contributed by atoms with Crippen LogP contribution in [0.3, 0.4) is 0 Å². The van der Waals surface area contributed by atoms with Crippen LogP contribution in [0.4, 0.5) is 4.79 Å². The number of carbonyl (C=O) groups is 2. The lowest BCUT2D eigenvalue weighted by molar-refractivity contribution is -0.268. The van der Waals surface area contributed by atoms with Crippen molar-refractivity contribution in [3.8, 4) is 0 Å². The van der Waals surface area contributed by atoms with Crippen LogP contribution in [0.2, 0.25) is 0 Å². The number of urea groups is 1. The monoisotopic (exact) mass is 263 g/mol. The quantitative estimate of drug-likeness (QED) is 0.157. The molecule has 102 valence electrons. The van der Waals surface area contributed by atoms with Gasteiger partial charge in [-0.05, 0) is 0 Å². The van der Waals surface area contributed by atoms with E-state index in [1.54, 1.807) is 0 Å². The summed E-state index contributed by atoms with van der Waals surface area (Å²) in [4.78, 5) is 23.0. The smallest absolute Gasteiger partial charge is 0.341 e. The third kappa shape index (κ3) is 1.51. The van der Waals surface area contributed by atoms with E-state index in [4.69, 9.17) is 15.7 Å². The lowest BCUT2D eigenvalue weighted by Gasteiger charge is -2.44. The highest BCUT2D eigenvalue weighted by Gasteiger charge is 2.64. The van der Waals surface area contributed by atoms with Crippen molar-refractivity contribution < 1.29 is 34.8 Å². The molecule has 2 aliphatic rings. The summed E-state index contributed by atoms with van der Waals surface area (Å²) in [6.45, 7) is -0.722. The lowest BCUT2D eigenvalue weighted by Crippen LogP contribution is -2.71. The van der Waals surface area contributed by atoms with Gasteiger partial charge in [-0.2, -0.15) is 5.01 Å². The highest BCUT2D eigenvalue weighted by molar-refractivity contribution is 6.06. The second kappa shape index (κ2) is 4.12. The minimum absolute atomic E-state index is 0.183. The van der Waals surface area contributed by atoms with Gasteiger partial charge in [0.25, 0.3) is 5.72 Å². The Kier molecular flexibility index (Phi) is 3.01. The number of hydrogen-bond donors (Lipinski definition) is 6. The predicted octanol–water partition coefficient (Wildman–Crippen LogP) is -4.42. The molecule has 0 aromatic heterocycles. The Morgan fingerprint density at radius 1 is 1.33 bits per heavy atom. The molecule has 7 N–H and O–H groups in total. The van der Waals surface area contributed by atoms with E-state index in [9.17, 15) is 24.9 Å². The maximum atomic E-state index is 11.8. The van der Waals surface area contributed by atoms with Crippen LogP contribution in [0.5, 0.6) is 0 Å². The van der Waals surface area contributed by atoms with Crippen LogP contribution in [0, 0.1) is 0 Å². The third-order valence-electron chi connectivity index (χ3n) is 3.04. The summed E-state index contributed by atoms with van der Waals surface area (Å²) < 4.78 is 5.02. The van der Waals surface area contributed by atoms with Gasteiger partial charge in [0.2, 0.25) is 0 Å². The van der Waals surface area contributed by atoms with Crippen LogP contribution in [0.1, 0.15) is 0 Å². The summed E-state index contributed by atoms with van der Waals surface area (Å²) in [5.41, 5.74) is -2.29. The Balaban J connectivity index is 2.38. The number of amides is 3. The second-order valence-electron chi connectivity index (χ2n) is 4.11. The summed E-state index contributed by atoms with van der Waals surface area (Å²) in [6, 6.07) is -1.03. The van der Waals surface area contributed by atoms with E-state index in [0.717, 1.165) is 0 Å². The molecule has 3 amide bonds. The van der Waals surface area contributed by atoms with E-state index in [0.29, 0.717) is 0 Å². The second-order valence-corrected chi connectivity index (χ2v) is 4.11. The first-order valence-corrected chi connectivity index (χ1v) is 5.09. The average Bonchev–Trinajstić information content (AvgIpc) is 2.57. The van der Waals surface area contributed by atoms with E-state index >= 15 is 0 Å². The molecule has 0 bridgehead atoms. The SMILES string of the molecule is NN1C(=O)N[C@]2(O[C@H](CO)[C@@H](O)[C@H](O)[C@H]2O)C1=O. The molecule has 0 aliphatic carbocycles. The summed E-state index contributed by atoms with van der Waals surface area (Å²) in [5, 5.41) is 40.1. The van der Waals surface area contributed by atoms with Gasteiger partial charge >= 0.3 is 11.9 Å². The molecule has 2 fully saturated rings. The van der Waals surface area contributed by atoms with E-state index in [1.165, 1.54) is 0 Å². The molecular weight excluding hydrogens is 250 g/mol. The van der Waals surface area contributed by atoms with Crippen LogP contribution in [0.15, 0.2) is 0 Å². The van der Waals surface area contributed by atoms with E-state index < -0.39 is 48.7 Å². The summed E-state index contributed by atoms with van der Waals surface area (Å²) in [7, 11) is 0. The first-order valence-electron chi connectivity index (χ1n) is 5.09. The Morgan fingerprint density at radius 3 is 2.39 bits per heavy atom. The number of hydrazine groups is 1. The topological polar surface area (TPSA) is 166 Å². The number of rotatable bonds is 1. The molecule has 0 aromatic rings. The molecule has 10 heteroatoms. The van der Waals surface area contributed by atoms with Crippen molar-refractivity contribution >= 4 is 11.9 Å². The van der Waals surface area contributed by atoms with Crippen molar-refractivity contribution in [2.75, 3.05) is 6.61 Å². The fraction of sp³-hybridized carbons (Fsp3) is 0.750. The number of aliphatic hydroxyl groups excluding tert-OH is 4. The maximum absolute atomic E-state index is 11.8. The minimum atomic E-state index is -2.29. The molecule has 2 aliphatic heterocycles. The molecule has 2 saturated heterocycles. The van der Waals surface area contributed by atoms with Gasteiger partial charge in [-0.15, -0.1) is 0 Å². The average molecular weight is 263 g/mol. The Labute approximate surface area is 101 Å². The number of nitrogens with two attached hydrogens (primary N) is 1. The van der Waals surface area contributed by atoms with Gasteiger partial charge < -0.3 is 25.2 Å². The first kappa shape index (κ1) is 13.1. The summed E-state index contributed by atoms with van der Waals surface area (Å²) in [5.74, 6) is 4.01. The number of carbonyl (C=O) groups excluding carboxylic acids is 2. The molecular formula is C8H13N3O7. The molecule has 0 saturated carbocycles. The summed E-state index contributed by atoms with van der Waals surface area (Å²) in [6.07, 6.45) is -6.65. The zero-order valence-electron chi connectivity index (χ0n) is 9.05. The highest BCUT2D eigenvalue weighted by Crippen LogP contribution is 2.32. The minimum Gasteiger partial charge on any atom is -0.394 e. The first-order chi connectivity index (χ1) is 8.35. The van der Waals surface area contributed by atoms with Crippen molar-refractivity contribution in [3.63, 3.8) is 0 Å². The van der Waals surface area contributed by atoms with Gasteiger partial charge in [0.1, 0.15) is 24.4 Å². The number of ether oxygens (including phenoxy) is 1. The number of aliphatic hydroxyl groups is 4. The Hall–Kier alpha value is -1.30. The normalized spacial score (nSPS) is 44.6. The maximum Gasteiger partial charge on any atom is 0.341 e. The Morgan fingerprint density at radius 2 is 1.94 bits per heavy atom.